The number of aryl methyl sites for hydroxylation is 2. The van der Waals surface area contributed by atoms with Crippen molar-refractivity contribution in [1.82, 2.24) is 0 Å². The van der Waals surface area contributed by atoms with Crippen LogP contribution in [0, 0.1) is 13.8 Å². The highest BCUT2D eigenvalue weighted by Gasteiger charge is 2.19. The van der Waals surface area contributed by atoms with E-state index in [9.17, 15) is 21.9 Å². The standard InChI is InChI=1S/C31H35N5O6S2/c1-6-14-43(38,39)23-10-8-22(9-11-23)33-35-29-19(3)16-21-17-20(4)30(31(37)27(21)28(29)32)36-34-25-18-24(12-13-26(25)42-5)44(40,41)15-7-2/h8-13,16-18,37H,6-7,14-15,32H2,1-5H3. The highest BCUT2D eigenvalue weighted by molar-refractivity contribution is 7.91. The summed E-state index contributed by atoms with van der Waals surface area (Å²) in [6.07, 6.45) is 0.984. The largest absolute Gasteiger partial charge is 0.505 e. The number of nitrogen functional groups attached to an aromatic ring is 1. The summed E-state index contributed by atoms with van der Waals surface area (Å²) < 4.78 is 55.2. The number of fused-ring (bicyclic) bond motifs is 1. The fourth-order valence-electron chi connectivity index (χ4n) is 4.75. The molecule has 0 fully saturated rings. The van der Waals surface area contributed by atoms with Gasteiger partial charge in [-0.05, 0) is 97.8 Å². The number of phenols is 1. The molecule has 0 aliphatic carbocycles. The molecule has 232 valence electrons. The lowest BCUT2D eigenvalue weighted by atomic mass is 9.99. The predicted molar refractivity (Wildman–Crippen MR) is 172 cm³/mol. The average molecular weight is 638 g/mol. The van der Waals surface area contributed by atoms with Gasteiger partial charge < -0.3 is 15.6 Å². The first-order valence-electron chi connectivity index (χ1n) is 13.9. The van der Waals surface area contributed by atoms with E-state index in [4.69, 9.17) is 10.5 Å². The zero-order valence-electron chi connectivity index (χ0n) is 25.2. The number of rotatable bonds is 11. The highest BCUT2D eigenvalue weighted by atomic mass is 32.2. The zero-order valence-corrected chi connectivity index (χ0v) is 26.8. The average Bonchev–Trinajstić information content (AvgIpc) is 2.96. The van der Waals surface area contributed by atoms with Gasteiger partial charge in [0.15, 0.2) is 25.4 Å². The van der Waals surface area contributed by atoms with Crippen molar-refractivity contribution in [2.75, 3.05) is 24.3 Å². The number of phenolic OH excluding ortho intramolecular Hbond substituents is 1. The number of ether oxygens (including phenoxy) is 1. The molecule has 4 aromatic rings. The fourth-order valence-corrected chi connectivity index (χ4v) is 7.41. The molecule has 0 atom stereocenters. The number of azo groups is 2. The van der Waals surface area contributed by atoms with Gasteiger partial charge in [-0.3, -0.25) is 0 Å². The first-order valence-corrected chi connectivity index (χ1v) is 17.3. The summed E-state index contributed by atoms with van der Waals surface area (Å²) in [4.78, 5) is 0.314. The molecule has 0 heterocycles. The number of nitrogens with zero attached hydrogens (tertiary/aromatic N) is 4. The smallest absolute Gasteiger partial charge is 0.178 e. The summed E-state index contributed by atoms with van der Waals surface area (Å²) in [6, 6.07) is 14.1. The minimum atomic E-state index is -3.51. The van der Waals surface area contributed by atoms with Crippen LogP contribution < -0.4 is 10.5 Å². The summed E-state index contributed by atoms with van der Waals surface area (Å²) in [5, 5.41) is 29.4. The van der Waals surface area contributed by atoms with Crippen LogP contribution in [0.3, 0.4) is 0 Å². The Morgan fingerprint density at radius 2 is 1.30 bits per heavy atom. The van der Waals surface area contributed by atoms with Crippen LogP contribution in [-0.2, 0) is 19.7 Å². The van der Waals surface area contributed by atoms with Gasteiger partial charge in [-0.25, -0.2) is 16.8 Å². The Morgan fingerprint density at radius 1 is 0.750 bits per heavy atom. The Bertz CT molecular complexity index is 1990. The topological polar surface area (TPSA) is 173 Å². The van der Waals surface area contributed by atoms with Crippen molar-refractivity contribution in [2.24, 2.45) is 20.5 Å². The van der Waals surface area contributed by atoms with E-state index in [1.165, 1.54) is 37.4 Å². The molecule has 11 nitrogen and oxygen atoms in total. The van der Waals surface area contributed by atoms with Crippen molar-refractivity contribution in [2.45, 2.75) is 50.3 Å². The second-order valence-electron chi connectivity index (χ2n) is 10.3. The van der Waals surface area contributed by atoms with E-state index >= 15 is 0 Å². The van der Waals surface area contributed by atoms with Gasteiger partial charge in [-0.2, -0.15) is 5.11 Å². The Labute approximate surface area is 257 Å². The van der Waals surface area contributed by atoms with Crippen molar-refractivity contribution >= 4 is 58.9 Å². The van der Waals surface area contributed by atoms with Crippen molar-refractivity contribution in [3.8, 4) is 11.5 Å². The Hall–Kier alpha value is -4.36. The molecule has 0 aromatic heterocycles. The van der Waals surface area contributed by atoms with Gasteiger partial charge in [-0.1, -0.05) is 13.8 Å². The van der Waals surface area contributed by atoms with E-state index in [1.807, 2.05) is 19.1 Å². The van der Waals surface area contributed by atoms with Gasteiger partial charge >= 0.3 is 0 Å². The van der Waals surface area contributed by atoms with Crippen LogP contribution in [0.1, 0.15) is 37.8 Å². The lowest BCUT2D eigenvalue weighted by molar-refractivity contribution is 0.415. The van der Waals surface area contributed by atoms with Crippen LogP contribution in [0.15, 0.2) is 84.8 Å². The summed E-state index contributed by atoms with van der Waals surface area (Å²) in [5.41, 5.74) is 9.10. The third-order valence-corrected chi connectivity index (χ3v) is 10.8. The summed E-state index contributed by atoms with van der Waals surface area (Å²) >= 11 is 0. The monoisotopic (exact) mass is 637 g/mol. The Balaban J connectivity index is 1.75. The van der Waals surface area contributed by atoms with E-state index in [-0.39, 0.29) is 44.1 Å². The Morgan fingerprint density at radius 3 is 1.89 bits per heavy atom. The van der Waals surface area contributed by atoms with Crippen LogP contribution >= 0.6 is 0 Å². The third kappa shape index (κ3) is 6.73. The molecule has 4 rings (SSSR count). The minimum Gasteiger partial charge on any atom is -0.505 e. The lowest BCUT2D eigenvalue weighted by Gasteiger charge is -2.13. The van der Waals surface area contributed by atoms with Gasteiger partial charge in [0.2, 0.25) is 0 Å². The zero-order chi connectivity index (χ0) is 32.2. The number of anilines is 1. The molecular formula is C31H35N5O6S2. The quantitative estimate of drug-likeness (QED) is 0.124. The minimum absolute atomic E-state index is 0.00890. The number of sulfone groups is 2. The SMILES string of the molecule is CCCS(=O)(=O)c1ccc(N=Nc2c(C)cc3cc(C)c(N=Nc4cc(S(=O)(=O)CCC)ccc4OC)c(O)c3c2N)cc1. The van der Waals surface area contributed by atoms with Crippen LogP contribution in [0.5, 0.6) is 11.5 Å². The maximum Gasteiger partial charge on any atom is 0.178 e. The first kappa shape index (κ1) is 32.6. The summed E-state index contributed by atoms with van der Waals surface area (Å²) in [6.45, 7) is 7.17. The molecule has 4 aromatic carbocycles. The number of aromatic hydroxyl groups is 1. The van der Waals surface area contributed by atoms with E-state index in [0.717, 1.165) is 0 Å². The summed E-state index contributed by atoms with van der Waals surface area (Å²) in [5.74, 6) is 0.143. The van der Waals surface area contributed by atoms with E-state index in [2.05, 4.69) is 20.5 Å². The van der Waals surface area contributed by atoms with Gasteiger partial charge in [0, 0.05) is 0 Å². The normalized spacial score (nSPS) is 12.5. The predicted octanol–water partition coefficient (Wildman–Crippen LogP) is 7.95. The maximum atomic E-state index is 12.6. The highest BCUT2D eigenvalue weighted by Crippen LogP contribution is 2.46. The molecule has 0 bridgehead atoms. The molecule has 13 heteroatoms. The van der Waals surface area contributed by atoms with Crippen LogP contribution in [0.25, 0.3) is 10.8 Å². The number of nitrogens with two attached hydrogens (primary N) is 1. The maximum absolute atomic E-state index is 12.6. The molecule has 0 aliphatic rings. The van der Waals surface area contributed by atoms with Gasteiger partial charge in [-0.15, -0.1) is 15.3 Å². The Kier molecular flexibility index (Phi) is 9.69. The van der Waals surface area contributed by atoms with Crippen molar-refractivity contribution in [1.29, 1.82) is 0 Å². The van der Waals surface area contributed by atoms with Gasteiger partial charge in [0.1, 0.15) is 22.8 Å². The summed E-state index contributed by atoms with van der Waals surface area (Å²) in [7, 11) is -5.42. The molecule has 0 radical (unpaired) electrons. The third-order valence-electron chi connectivity index (χ3n) is 6.94. The molecule has 0 amide bonds. The van der Waals surface area contributed by atoms with Crippen LogP contribution in [0.2, 0.25) is 0 Å². The van der Waals surface area contributed by atoms with E-state index < -0.39 is 19.7 Å². The van der Waals surface area contributed by atoms with Crippen LogP contribution in [0.4, 0.5) is 28.4 Å². The fraction of sp³-hybridized carbons (Fsp3) is 0.290. The number of methoxy groups -OCH3 is 1. The molecule has 0 unspecified atom stereocenters. The van der Waals surface area contributed by atoms with Crippen molar-refractivity contribution < 1.29 is 26.7 Å². The molecule has 44 heavy (non-hydrogen) atoms. The molecule has 0 saturated heterocycles. The van der Waals surface area contributed by atoms with E-state index in [1.54, 1.807) is 32.9 Å². The first-order chi connectivity index (χ1) is 20.8. The second-order valence-corrected chi connectivity index (χ2v) is 14.5. The van der Waals surface area contributed by atoms with Gasteiger partial charge in [0.25, 0.3) is 0 Å². The van der Waals surface area contributed by atoms with Crippen molar-refractivity contribution in [3.63, 3.8) is 0 Å². The molecule has 0 spiro atoms. The second kappa shape index (κ2) is 13.1. The number of hydrogen-bond donors (Lipinski definition) is 2. The molecule has 0 saturated carbocycles. The van der Waals surface area contributed by atoms with Crippen molar-refractivity contribution in [3.05, 3.63) is 65.7 Å². The van der Waals surface area contributed by atoms with Gasteiger partial charge in [0.05, 0.1) is 45.2 Å². The molecule has 0 aliphatic heterocycles. The molecular weight excluding hydrogens is 603 g/mol. The number of benzene rings is 4. The number of hydrogen-bond acceptors (Lipinski definition) is 11. The molecule has 3 N–H and O–H groups in total. The lowest BCUT2D eigenvalue weighted by Crippen LogP contribution is -2.05. The van der Waals surface area contributed by atoms with E-state index in [0.29, 0.717) is 51.9 Å². The van der Waals surface area contributed by atoms with Crippen LogP contribution in [-0.4, -0.2) is 40.6 Å².